The molecule has 1 N–H and O–H groups in total. The summed E-state index contributed by atoms with van der Waals surface area (Å²) < 4.78 is 5.96. The summed E-state index contributed by atoms with van der Waals surface area (Å²) in [6.07, 6.45) is 6.31. The maximum atomic E-state index is 10.2. The van der Waals surface area contributed by atoms with Crippen molar-refractivity contribution in [1.29, 1.82) is 0 Å². The number of morpholine rings is 1. The molecule has 1 aliphatic carbocycles. The first-order valence-electron chi connectivity index (χ1n) is 8.54. The Morgan fingerprint density at radius 1 is 1.15 bits per heavy atom. The molecule has 2 heterocycles. The van der Waals surface area contributed by atoms with Gasteiger partial charge in [0.15, 0.2) is 0 Å². The number of aliphatic hydroxyl groups is 1. The summed E-state index contributed by atoms with van der Waals surface area (Å²) in [5.41, 5.74) is 0. The zero-order chi connectivity index (χ0) is 13.9. The minimum absolute atomic E-state index is 0.0555. The molecule has 0 spiro atoms. The molecule has 3 rings (SSSR count). The van der Waals surface area contributed by atoms with Crippen LogP contribution >= 0.6 is 0 Å². The Balaban J connectivity index is 1.55. The van der Waals surface area contributed by atoms with E-state index in [-0.39, 0.29) is 6.10 Å². The van der Waals surface area contributed by atoms with Gasteiger partial charge in [0.1, 0.15) is 0 Å². The van der Waals surface area contributed by atoms with Gasteiger partial charge in [-0.25, -0.2) is 0 Å². The van der Waals surface area contributed by atoms with Crippen LogP contribution in [0.5, 0.6) is 0 Å². The third-order valence-electron chi connectivity index (χ3n) is 5.55. The first-order chi connectivity index (χ1) is 9.78. The first kappa shape index (κ1) is 14.8. The highest BCUT2D eigenvalue weighted by atomic mass is 16.5. The van der Waals surface area contributed by atoms with Crippen LogP contribution in [-0.4, -0.2) is 72.5 Å². The number of likely N-dealkylation sites (N-methyl/N-ethyl adjacent to an activating group) is 1. The molecule has 1 saturated carbocycles. The van der Waals surface area contributed by atoms with E-state index < -0.39 is 0 Å². The third-order valence-corrected chi connectivity index (χ3v) is 5.55. The van der Waals surface area contributed by atoms with Gasteiger partial charge in [-0.1, -0.05) is 13.3 Å². The van der Waals surface area contributed by atoms with E-state index in [1.54, 1.807) is 0 Å². The van der Waals surface area contributed by atoms with Gasteiger partial charge < -0.3 is 9.84 Å². The molecule has 4 nitrogen and oxygen atoms in total. The molecule has 4 unspecified atom stereocenters. The second kappa shape index (κ2) is 6.73. The van der Waals surface area contributed by atoms with Gasteiger partial charge in [0.25, 0.3) is 0 Å². The van der Waals surface area contributed by atoms with Crippen molar-refractivity contribution in [3.8, 4) is 0 Å². The monoisotopic (exact) mass is 282 g/mol. The molecule has 0 radical (unpaired) electrons. The number of aliphatic hydroxyl groups excluding tert-OH is 1. The Kier molecular flexibility index (Phi) is 4.97. The molecule has 3 aliphatic rings. The first-order valence-corrected chi connectivity index (χ1v) is 8.54. The number of hydrogen-bond donors (Lipinski definition) is 1. The Morgan fingerprint density at radius 2 is 2.05 bits per heavy atom. The van der Waals surface area contributed by atoms with Crippen molar-refractivity contribution in [3.63, 3.8) is 0 Å². The number of likely N-dealkylation sites (tertiary alicyclic amines) is 1. The van der Waals surface area contributed by atoms with Crippen molar-refractivity contribution in [2.75, 3.05) is 39.3 Å². The van der Waals surface area contributed by atoms with E-state index in [2.05, 4.69) is 16.7 Å². The van der Waals surface area contributed by atoms with E-state index in [1.165, 1.54) is 32.2 Å². The lowest BCUT2D eigenvalue weighted by Gasteiger charge is -2.37. The van der Waals surface area contributed by atoms with Gasteiger partial charge >= 0.3 is 0 Å². The van der Waals surface area contributed by atoms with Crippen LogP contribution in [0.3, 0.4) is 0 Å². The average molecular weight is 282 g/mol. The Labute approximate surface area is 123 Å². The minimum atomic E-state index is -0.0555. The maximum Gasteiger partial charge on any atom is 0.0829 e. The molecule has 0 amide bonds. The fourth-order valence-electron chi connectivity index (χ4n) is 4.42. The summed E-state index contributed by atoms with van der Waals surface area (Å²) in [6.45, 7) is 8.65. The van der Waals surface area contributed by atoms with Crippen molar-refractivity contribution < 1.29 is 9.84 Å². The van der Waals surface area contributed by atoms with Crippen LogP contribution in [0.2, 0.25) is 0 Å². The predicted molar refractivity (Wildman–Crippen MR) is 79.8 cm³/mol. The summed E-state index contributed by atoms with van der Waals surface area (Å²) >= 11 is 0. The topological polar surface area (TPSA) is 35.9 Å². The summed E-state index contributed by atoms with van der Waals surface area (Å²) in [5, 5.41) is 10.2. The van der Waals surface area contributed by atoms with Crippen LogP contribution in [-0.2, 0) is 4.74 Å². The fraction of sp³-hybridized carbons (Fsp3) is 1.00. The lowest BCUT2D eigenvalue weighted by Crippen LogP contribution is -2.49. The zero-order valence-corrected chi connectivity index (χ0v) is 12.8. The van der Waals surface area contributed by atoms with E-state index >= 15 is 0 Å². The smallest absolute Gasteiger partial charge is 0.0829 e. The Bertz CT molecular complexity index is 313. The number of rotatable bonds is 4. The summed E-state index contributed by atoms with van der Waals surface area (Å²) in [4.78, 5) is 5.10. The third kappa shape index (κ3) is 3.19. The van der Waals surface area contributed by atoms with Crippen molar-refractivity contribution in [2.45, 2.75) is 57.3 Å². The number of hydrogen-bond acceptors (Lipinski definition) is 4. The normalized spacial score (nSPS) is 40.5. The standard InChI is InChI=1S/C16H30N2O2/c1-2-17-9-10-20-13(11-17)12-18-8-4-6-15(18)14-5-3-7-16(14)19/h13-16,19H,2-12H2,1H3. The van der Waals surface area contributed by atoms with Crippen LogP contribution in [0, 0.1) is 5.92 Å². The minimum Gasteiger partial charge on any atom is -0.393 e. The SMILES string of the molecule is CCN1CCOC(CN2CCCC2C2CCCC2O)C1. The van der Waals surface area contributed by atoms with Crippen LogP contribution in [0.15, 0.2) is 0 Å². The maximum absolute atomic E-state index is 10.2. The summed E-state index contributed by atoms with van der Waals surface area (Å²) in [7, 11) is 0. The second-order valence-electron chi connectivity index (χ2n) is 6.75. The van der Waals surface area contributed by atoms with Gasteiger partial charge in [0, 0.05) is 31.6 Å². The highest BCUT2D eigenvalue weighted by Crippen LogP contribution is 2.35. The molecule has 4 atom stereocenters. The van der Waals surface area contributed by atoms with Gasteiger partial charge in [0.2, 0.25) is 0 Å². The highest BCUT2D eigenvalue weighted by molar-refractivity contribution is 4.92. The van der Waals surface area contributed by atoms with E-state index in [0.29, 0.717) is 18.1 Å². The summed E-state index contributed by atoms with van der Waals surface area (Å²) in [5.74, 6) is 0.517. The number of ether oxygens (including phenoxy) is 1. The van der Waals surface area contributed by atoms with Gasteiger partial charge in [-0.2, -0.15) is 0 Å². The van der Waals surface area contributed by atoms with E-state index in [0.717, 1.165) is 39.2 Å². The lowest BCUT2D eigenvalue weighted by atomic mass is 9.94. The van der Waals surface area contributed by atoms with Gasteiger partial charge in [0.05, 0.1) is 18.8 Å². The molecular weight excluding hydrogens is 252 g/mol. The van der Waals surface area contributed by atoms with Crippen molar-refractivity contribution in [2.24, 2.45) is 5.92 Å². The molecule has 2 aliphatic heterocycles. The second-order valence-corrected chi connectivity index (χ2v) is 6.75. The molecule has 0 aromatic rings. The van der Waals surface area contributed by atoms with E-state index in [1.807, 2.05) is 0 Å². The van der Waals surface area contributed by atoms with Crippen molar-refractivity contribution >= 4 is 0 Å². The van der Waals surface area contributed by atoms with Gasteiger partial charge in [-0.05, 0) is 38.8 Å². The molecule has 4 heteroatoms. The summed E-state index contributed by atoms with van der Waals surface area (Å²) in [6, 6.07) is 0.605. The largest absolute Gasteiger partial charge is 0.393 e. The molecule has 0 aromatic carbocycles. The zero-order valence-electron chi connectivity index (χ0n) is 12.8. The van der Waals surface area contributed by atoms with Crippen LogP contribution in [0.4, 0.5) is 0 Å². The molecule has 0 aromatic heterocycles. The molecule has 116 valence electrons. The van der Waals surface area contributed by atoms with Crippen LogP contribution in [0.1, 0.15) is 39.0 Å². The van der Waals surface area contributed by atoms with Gasteiger partial charge in [-0.3, -0.25) is 9.80 Å². The van der Waals surface area contributed by atoms with E-state index in [9.17, 15) is 5.11 Å². The fourth-order valence-corrected chi connectivity index (χ4v) is 4.42. The Morgan fingerprint density at radius 3 is 2.80 bits per heavy atom. The molecule has 20 heavy (non-hydrogen) atoms. The number of nitrogens with zero attached hydrogens (tertiary/aromatic N) is 2. The lowest BCUT2D eigenvalue weighted by molar-refractivity contribution is -0.0489. The van der Waals surface area contributed by atoms with Crippen LogP contribution < -0.4 is 0 Å². The quantitative estimate of drug-likeness (QED) is 0.844. The predicted octanol–water partition coefficient (Wildman–Crippen LogP) is 1.33. The van der Waals surface area contributed by atoms with Crippen molar-refractivity contribution in [1.82, 2.24) is 9.80 Å². The molecule has 3 fully saturated rings. The molecule has 0 bridgehead atoms. The van der Waals surface area contributed by atoms with Crippen LogP contribution in [0.25, 0.3) is 0 Å². The van der Waals surface area contributed by atoms with Gasteiger partial charge in [-0.15, -0.1) is 0 Å². The molecule has 2 saturated heterocycles. The average Bonchev–Trinajstić information content (AvgIpc) is 3.07. The van der Waals surface area contributed by atoms with Crippen molar-refractivity contribution in [3.05, 3.63) is 0 Å². The highest BCUT2D eigenvalue weighted by Gasteiger charge is 2.39. The molecular formula is C16H30N2O2. The Hall–Kier alpha value is -0.160. The van der Waals surface area contributed by atoms with E-state index in [4.69, 9.17) is 4.74 Å².